The van der Waals surface area contributed by atoms with Crippen LogP contribution in [0.15, 0.2) is 24.3 Å². The third-order valence-electron chi connectivity index (χ3n) is 4.25. The van der Waals surface area contributed by atoms with Crippen molar-refractivity contribution >= 4 is 0 Å². The lowest BCUT2D eigenvalue weighted by Gasteiger charge is -2.33. The van der Waals surface area contributed by atoms with Crippen molar-refractivity contribution in [3.63, 3.8) is 0 Å². The van der Waals surface area contributed by atoms with Crippen molar-refractivity contribution in [1.29, 1.82) is 0 Å². The minimum Gasteiger partial charge on any atom is -0.316 e. The molecule has 0 amide bonds. The molecule has 2 rings (SSSR count). The molecule has 0 unspecified atom stereocenters. The summed E-state index contributed by atoms with van der Waals surface area (Å²) in [6.07, 6.45) is 2.36. The molecule has 0 spiro atoms. The summed E-state index contributed by atoms with van der Waals surface area (Å²) in [6.45, 7) is 6.62. The summed E-state index contributed by atoms with van der Waals surface area (Å²) >= 11 is 0. The maximum atomic E-state index is 12.9. The van der Waals surface area contributed by atoms with Crippen molar-refractivity contribution in [2.75, 3.05) is 13.1 Å². The van der Waals surface area contributed by atoms with Gasteiger partial charge >= 0.3 is 0 Å². The first-order chi connectivity index (χ1) is 7.72. The molecular formula is C14H20FN. The highest BCUT2D eigenvalue weighted by Gasteiger charge is 2.40. The fourth-order valence-corrected chi connectivity index (χ4v) is 2.96. The van der Waals surface area contributed by atoms with E-state index >= 15 is 0 Å². The van der Waals surface area contributed by atoms with Crippen LogP contribution in [0.4, 0.5) is 4.39 Å². The van der Waals surface area contributed by atoms with Crippen molar-refractivity contribution in [1.82, 2.24) is 5.32 Å². The van der Waals surface area contributed by atoms with E-state index < -0.39 is 0 Å². The van der Waals surface area contributed by atoms with Crippen molar-refractivity contribution < 1.29 is 4.39 Å². The summed E-state index contributed by atoms with van der Waals surface area (Å²) in [5.41, 5.74) is 1.63. The van der Waals surface area contributed by atoms with Gasteiger partial charge in [-0.2, -0.15) is 0 Å². The second kappa shape index (κ2) is 4.54. The lowest BCUT2D eigenvalue weighted by molar-refractivity contribution is 0.260. The maximum absolute atomic E-state index is 12.9. The molecule has 1 aromatic rings. The summed E-state index contributed by atoms with van der Waals surface area (Å²) in [5, 5.41) is 3.48. The van der Waals surface area contributed by atoms with E-state index in [-0.39, 0.29) is 5.82 Å². The standard InChI is InChI=1S/C14H20FN/c1-3-14(4-2)10-16-9-13(14)11-5-7-12(15)8-6-11/h5-8,13,16H,3-4,9-10H2,1-2H3/t13-/m0/s1. The van der Waals surface area contributed by atoms with Crippen LogP contribution >= 0.6 is 0 Å². The highest BCUT2D eigenvalue weighted by atomic mass is 19.1. The normalized spacial score (nSPS) is 23.6. The summed E-state index contributed by atoms with van der Waals surface area (Å²) in [5.74, 6) is 0.386. The molecule has 1 aromatic carbocycles. The van der Waals surface area contributed by atoms with Crippen LogP contribution in [-0.2, 0) is 0 Å². The van der Waals surface area contributed by atoms with Gasteiger partial charge in [0.15, 0.2) is 0 Å². The van der Waals surface area contributed by atoms with Crippen LogP contribution in [0.3, 0.4) is 0 Å². The molecule has 88 valence electrons. The minimum atomic E-state index is -0.145. The maximum Gasteiger partial charge on any atom is 0.123 e. The third-order valence-corrected chi connectivity index (χ3v) is 4.25. The van der Waals surface area contributed by atoms with Crippen LogP contribution in [0.5, 0.6) is 0 Å². The van der Waals surface area contributed by atoms with Gasteiger partial charge in [0.05, 0.1) is 0 Å². The lowest BCUT2D eigenvalue weighted by Crippen LogP contribution is -2.27. The van der Waals surface area contributed by atoms with Gasteiger partial charge in [0, 0.05) is 19.0 Å². The van der Waals surface area contributed by atoms with Crippen LogP contribution in [0.1, 0.15) is 38.2 Å². The summed E-state index contributed by atoms with van der Waals surface area (Å²) in [7, 11) is 0. The van der Waals surface area contributed by atoms with Gasteiger partial charge in [0.2, 0.25) is 0 Å². The SMILES string of the molecule is CCC1(CC)CNC[C@H]1c1ccc(F)cc1. The van der Waals surface area contributed by atoms with E-state index in [4.69, 9.17) is 0 Å². The Morgan fingerprint density at radius 3 is 2.44 bits per heavy atom. The highest BCUT2D eigenvalue weighted by Crippen LogP contribution is 2.44. The van der Waals surface area contributed by atoms with E-state index in [1.165, 1.54) is 18.4 Å². The molecule has 0 aromatic heterocycles. The number of nitrogens with one attached hydrogen (secondary N) is 1. The molecule has 0 bridgehead atoms. The molecule has 1 aliphatic rings. The number of halogens is 1. The molecule has 1 nitrogen and oxygen atoms in total. The fourth-order valence-electron chi connectivity index (χ4n) is 2.96. The van der Waals surface area contributed by atoms with Crippen molar-refractivity contribution in [3.05, 3.63) is 35.6 Å². The molecular weight excluding hydrogens is 201 g/mol. The second-order valence-corrected chi connectivity index (χ2v) is 4.80. The Morgan fingerprint density at radius 1 is 1.25 bits per heavy atom. The molecule has 0 saturated carbocycles. The fraction of sp³-hybridized carbons (Fsp3) is 0.571. The first-order valence-corrected chi connectivity index (χ1v) is 6.18. The van der Waals surface area contributed by atoms with E-state index in [1.807, 2.05) is 12.1 Å². The van der Waals surface area contributed by atoms with Crippen LogP contribution in [0.25, 0.3) is 0 Å². The zero-order valence-corrected chi connectivity index (χ0v) is 10.1. The first kappa shape index (κ1) is 11.6. The topological polar surface area (TPSA) is 12.0 Å². The lowest BCUT2D eigenvalue weighted by atomic mass is 9.71. The number of rotatable bonds is 3. The molecule has 1 N–H and O–H groups in total. The van der Waals surface area contributed by atoms with Crippen LogP contribution in [0.2, 0.25) is 0 Å². The summed E-state index contributed by atoms with van der Waals surface area (Å²) < 4.78 is 12.9. The van der Waals surface area contributed by atoms with Gasteiger partial charge < -0.3 is 5.32 Å². The van der Waals surface area contributed by atoms with Crippen molar-refractivity contribution in [2.24, 2.45) is 5.41 Å². The van der Waals surface area contributed by atoms with Gasteiger partial charge in [0.25, 0.3) is 0 Å². The Balaban J connectivity index is 2.29. The smallest absolute Gasteiger partial charge is 0.123 e. The van der Waals surface area contributed by atoms with E-state index in [2.05, 4.69) is 19.2 Å². The van der Waals surface area contributed by atoms with Gasteiger partial charge in [-0.1, -0.05) is 26.0 Å². The van der Waals surface area contributed by atoms with E-state index in [9.17, 15) is 4.39 Å². The number of hydrogen-bond acceptors (Lipinski definition) is 1. The number of benzene rings is 1. The minimum absolute atomic E-state index is 0.145. The Kier molecular flexibility index (Phi) is 3.29. The molecule has 1 saturated heterocycles. The predicted molar refractivity (Wildman–Crippen MR) is 65.0 cm³/mol. The second-order valence-electron chi connectivity index (χ2n) is 4.80. The Morgan fingerprint density at radius 2 is 1.88 bits per heavy atom. The number of hydrogen-bond donors (Lipinski definition) is 1. The monoisotopic (exact) mass is 221 g/mol. The largest absolute Gasteiger partial charge is 0.316 e. The highest BCUT2D eigenvalue weighted by molar-refractivity contribution is 5.25. The Bertz CT molecular complexity index is 340. The van der Waals surface area contributed by atoms with E-state index in [0.29, 0.717) is 11.3 Å². The van der Waals surface area contributed by atoms with E-state index in [0.717, 1.165) is 13.1 Å². The quantitative estimate of drug-likeness (QED) is 0.825. The van der Waals surface area contributed by atoms with Gasteiger partial charge in [-0.05, 0) is 36.0 Å². The molecule has 1 heterocycles. The van der Waals surface area contributed by atoms with E-state index in [1.54, 1.807) is 12.1 Å². The summed E-state index contributed by atoms with van der Waals surface area (Å²) in [6, 6.07) is 7.02. The molecule has 0 radical (unpaired) electrons. The van der Waals surface area contributed by atoms with Gasteiger partial charge in [-0.15, -0.1) is 0 Å². The molecule has 2 heteroatoms. The van der Waals surface area contributed by atoms with Crippen LogP contribution in [-0.4, -0.2) is 13.1 Å². The van der Waals surface area contributed by atoms with Gasteiger partial charge in [-0.3, -0.25) is 0 Å². The molecule has 1 atom stereocenters. The average molecular weight is 221 g/mol. The zero-order valence-electron chi connectivity index (χ0n) is 10.1. The Hall–Kier alpha value is -0.890. The van der Waals surface area contributed by atoms with Crippen LogP contribution in [0, 0.1) is 11.2 Å². The average Bonchev–Trinajstić information content (AvgIpc) is 2.74. The summed E-state index contributed by atoms with van der Waals surface area (Å²) in [4.78, 5) is 0. The van der Waals surface area contributed by atoms with Crippen molar-refractivity contribution in [3.8, 4) is 0 Å². The van der Waals surface area contributed by atoms with Gasteiger partial charge in [0.1, 0.15) is 5.82 Å². The molecule has 1 aliphatic heterocycles. The third kappa shape index (κ3) is 1.86. The molecule has 0 aliphatic carbocycles. The van der Waals surface area contributed by atoms with Crippen molar-refractivity contribution in [2.45, 2.75) is 32.6 Å². The first-order valence-electron chi connectivity index (χ1n) is 6.18. The zero-order chi connectivity index (χ0) is 11.6. The van der Waals surface area contributed by atoms with Crippen LogP contribution < -0.4 is 5.32 Å². The molecule has 16 heavy (non-hydrogen) atoms. The predicted octanol–water partition coefficient (Wildman–Crippen LogP) is 3.32. The molecule has 1 fully saturated rings. The van der Waals surface area contributed by atoms with Gasteiger partial charge in [-0.25, -0.2) is 4.39 Å². The Labute approximate surface area is 97.1 Å².